The lowest BCUT2D eigenvalue weighted by Crippen LogP contribution is -2.53. The lowest BCUT2D eigenvalue weighted by molar-refractivity contribution is -0.132. The van der Waals surface area contributed by atoms with Crippen LogP contribution in [0.25, 0.3) is 0 Å². The average Bonchev–Trinajstić information content (AvgIpc) is 2.77. The van der Waals surface area contributed by atoms with E-state index in [1.54, 1.807) is 0 Å². The Hall–Kier alpha value is -0.440. The number of hydrogen-bond acceptors (Lipinski definition) is 2. The molecule has 0 aliphatic heterocycles. The number of fused-ring (bicyclic) bond motifs is 5. The highest BCUT2D eigenvalue weighted by atomic mass is 79.9. The molecule has 0 aromatic carbocycles. The molecule has 0 saturated heterocycles. The molecule has 0 amide bonds. The van der Waals surface area contributed by atoms with Crippen molar-refractivity contribution in [2.45, 2.75) is 63.6 Å². The van der Waals surface area contributed by atoms with Gasteiger partial charge in [-0.1, -0.05) is 29.8 Å². The van der Waals surface area contributed by atoms with Gasteiger partial charge in [-0.05, 0) is 66.9 Å². The molecule has 6 atom stereocenters. The molecule has 4 aliphatic rings. The fourth-order valence-corrected chi connectivity index (χ4v) is 7.42. The van der Waals surface area contributed by atoms with Crippen LogP contribution in [0.4, 0.5) is 0 Å². The van der Waals surface area contributed by atoms with Gasteiger partial charge in [0.15, 0.2) is 5.78 Å². The van der Waals surface area contributed by atoms with Crippen molar-refractivity contribution in [3.63, 3.8) is 0 Å². The Labute approximate surface area is 141 Å². The maximum atomic E-state index is 12.4. The highest BCUT2D eigenvalue weighted by molar-refractivity contribution is 9.09. The molecule has 22 heavy (non-hydrogen) atoms. The Morgan fingerprint density at radius 1 is 1.05 bits per heavy atom. The molecule has 0 radical (unpaired) electrons. The van der Waals surface area contributed by atoms with Gasteiger partial charge < -0.3 is 0 Å². The molecule has 3 fully saturated rings. The highest BCUT2D eigenvalue weighted by Crippen LogP contribution is 2.65. The largest absolute Gasteiger partial charge is 0.299 e. The van der Waals surface area contributed by atoms with Gasteiger partial charge in [0.2, 0.25) is 0 Å². The SMILES string of the molecule is C[C@@]12CC[C@@H]3[C@H](C[C@H](Br)C4=CC(=O)CC[C@]43C)[C@H]1CCC2=O. The summed E-state index contributed by atoms with van der Waals surface area (Å²) in [5, 5.41) is 0. The first-order valence-electron chi connectivity index (χ1n) is 8.78. The van der Waals surface area contributed by atoms with Gasteiger partial charge in [0.1, 0.15) is 5.78 Å². The predicted molar refractivity (Wildman–Crippen MR) is 89.8 cm³/mol. The summed E-state index contributed by atoms with van der Waals surface area (Å²) >= 11 is 3.88. The van der Waals surface area contributed by atoms with E-state index in [0.29, 0.717) is 40.6 Å². The Bertz CT molecular complexity index is 580. The predicted octanol–water partition coefficient (Wildman–Crippen LogP) is 4.46. The molecule has 0 aromatic heterocycles. The van der Waals surface area contributed by atoms with Crippen LogP contribution in [0, 0.1) is 28.6 Å². The first-order valence-corrected chi connectivity index (χ1v) is 9.70. The van der Waals surface area contributed by atoms with E-state index in [2.05, 4.69) is 29.8 Å². The molecule has 4 aliphatic carbocycles. The van der Waals surface area contributed by atoms with Gasteiger partial charge in [-0.2, -0.15) is 0 Å². The van der Waals surface area contributed by atoms with Gasteiger partial charge in [0, 0.05) is 23.1 Å². The zero-order valence-corrected chi connectivity index (χ0v) is 15.1. The second-order valence-corrected chi connectivity index (χ2v) is 9.59. The number of Topliss-reactive ketones (excluding diaryl/α,β-unsaturated/α-hetero) is 1. The van der Waals surface area contributed by atoms with E-state index in [0.717, 1.165) is 38.5 Å². The summed E-state index contributed by atoms with van der Waals surface area (Å²) in [5.74, 6) is 2.67. The van der Waals surface area contributed by atoms with Gasteiger partial charge in [-0.25, -0.2) is 0 Å². The maximum absolute atomic E-state index is 12.4. The second-order valence-electron chi connectivity index (χ2n) is 8.48. The van der Waals surface area contributed by atoms with Gasteiger partial charge in [0.05, 0.1) is 0 Å². The minimum Gasteiger partial charge on any atom is -0.299 e. The van der Waals surface area contributed by atoms with Gasteiger partial charge in [-0.15, -0.1) is 0 Å². The van der Waals surface area contributed by atoms with Crippen molar-refractivity contribution in [2.24, 2.45) is 28.6 Å². The van der Waals surface area contributed by atoms with Crippen LogP contribution in [0.1, 0.15) is 58.8 Å². The van der Waals surface area contributed by atoms with Crippen LogP contribution in [0.5, 0.6) is 0 Å². The Morgan fingerprint density at radius 3 is 2.55 bits per heavy atom. The third kappa shape index (κ3) is 1.84. The van der Waals surface area contributed by atoms with Crippen LogP contribution in [-0.2, 0) is 9.59 Å². The van der Waals surface area contributed by atoms with Gasteiger partial charge >= 0.3 is 0 Å². The fraction of sp³-hybridized carbons (Fsp3) is 0.789. The van der Waals surface area contributed by atoms with E-state index in [1.807, 2.05) is 6.08 Å². The van der Waals surface area contributed by atoms with E-state index in [9.17, 15) is 9.59 Å². The minimum atomic E-state index is -0.0596. The number of allylic oxidation sites excluding steroid dienone is 1. The highest BCUT2D eigenvalue weighted by Gasteiger charge is 2.60. The quantitative estimate of drug-likeness (QED) is 0.594. The fourth-order valence-electron chi connectivity index (χ4n) is 6.33. The molecular formula is C19H25BrO2. The number of halogens is 1. The Balaban J connectivity index is 1.74. The number of hydrogen-bond donors (Lipinski definition) is 0. The van der Waals surface area contributed by atoms with E-state index in [1.165, 1.54) is 5.57 Å². The standard InChI is InChI=1S/C19H25BrO2/c1-18-7-5-11(21)9-15(18)16(20)10-12-13-3-4-17(22)19(13,2)8-6-14(12)18/h9,12-14,16H,3-8,10H2,1-2H3/t12-,13-,14-,16+,18+,19-/m1/s1. The van der Waals surface area contributed by atoms with E-state index >= 15 is 0 Å². The normalized spacial score (nSPS) is 51.0. The van der Waals surface area contributed by atoms with E-state index in [4.69, 9.17) is 0 Å². The van der Waals surface area contributed by atoms with Gasteiger partial charge in [0.25, 0.3) is 0 Å². The first kappa shape index (κ1) is 15.1. The number of alkyl halides is 1. The van der Waals surface area contributed by atoms with Crippen molar-refractivity contribution in [2.75, 3.05) is 0 Å². The third-order valence-corrected chi connectivity index (χ3v) is 8.51. The number of rotatable bonds is 0. The average molecular weight is 365 g/mol. The summed E-state index contributed by atoms with van der Waals surface area (Å²) in [6, 6.07) is 0. The number of carbonyl (C=O) groups excluding carboxylic acids is 2. The zero-order valence-electron chi connectivity index (χ0n) is 13.5. The number of carbonyl (C=O) groups is 2. The van der Waals surface area contributed by atoms with Crippen LogP contribution >= 0.6 is 15.9 Å². The molecule has 0 unspecified atom stereocenters. The van der Waals surface area contributed by atoms with Crippen LogP contribution in [0.2, 0.25) is 0 Å². The topological polar surface area (TPSA) is 34.1 Å². The second kappa shape index (κ2) is 4.78. The molecule has 0 spiro atoms. The minimum absolute atomic E-state index is 0.0596. The van der Waals surface area contributed by atoms with Crippen molar-refractivity contribution in [3.8, 4) is 0 Å². The summed E-state index contributed by atoms with van der Waals surface area (Å²) in [6.07, 6.45) is 8.83. The molecule has 2 nitrogen and oxygen atoms in total. The van der Waals surface area contributed by atoms with Crippen molar-refractivity contribution in [1.82, 2.24) is 0 Å². The summed E-state index contributed by atoms with van der Waals surface area (Å²) in [7, 11) is 0. The smallest absolute Gasteiger partial charge is 0.155 e. The molecule has 0 bridgehead atoms. The summed E-state index contributed by atoms with van der Waals surface area (Å²) in [5.41, 5.74) is 1.45. The Morgan fingerprint density at radius 2 is 1.77 bits per heavy atom. The van der Waals surface area contributed by atoms with Crippen LogP contribution in [0.15, 0.2) is 11.6 Å². The monoisotopic (exact) mass is 364 g/mol. The molecule has 0 N–H and O–H groups in total. The lowest BCUT2D eigenvalue weighted by atomic mass is 9.47. The van der Waals surface area contributed by atoms with E-state index in [-0.39, 0.29) is 10.8 Å². The molecular weight excluding hydrogens is 340 g/mol. The molecule has 0 aromatic rings. The van der Waals surface area contributed by atoms with Crippen molar-refractivity contribution >= 4 is 27.5 Å². The number of ketones is 2. The summed E-state index contributed by atoms with van der Waals surface area (Å²) in [4.78, 5) is 24.6. The third-order valence-electron chi connectivity index (χ3n) is 7.65. The molecule has 0 heterocycles. The maximum Gasteiger partial charge on any atom is 0.155 e. The van der Waals surface area contributed by atoms with Crippen molar-refractivity contribution in [3.05, 3.63) is 11.6 Å². The van der Waals surface area contributed by atoms with Crippen LogP contribution < -0.4 is 0 Å². The lowest BCUT2D eigenvalue weighted by Gasteiger charge is -2.58. The zero-order chi connectivity index (χ0) is 15.7. The van der Waals surface area contributed by atoms with E-state index < -0.39 is 0 Å². The molecule has 3 heteroatoms. The molecule has 4 rings (SSSR count). The van der Waals surface area contributed by atoms with Gasteiger partial charge in [-0.3, -0.25) is 9.59 Å². The summed E-state index contributed by atoms with van der Waals surface area (Å²) < 4.78 is 0. The van der Waals surface area contributed by atoms with Crippen LogP contribution in [0.3, 0.4) is 0 Å². The van der Waals surface area contributed by atoms with Crippen LogP contribution in [-0.4, -0.2) is 16.4 Å². The van der Waals surface area contributed by atoms with Crippen molar-refractivity contribution in [1.29, 1.82) is 0 Å². The molecule has 3 saturated carbocycles. The molecule has 120 valence electrons. The Kier molecular flexibility index (Phi) is 3.28. The summed E-state index contributed by atoms with van der Waals surface area (Å²) in [6.45, 7) is 4.61. The first-order chi connectivity index (χ1) is 10.4. The van der Waals surface area contributed by atoms with Crippen molar-refractivity contribution < 1.29 is 9.59 Å².